The predicted octanol–water partition coefficient (Wildman–Crippen LogP) is 1.65. The molecule has 0 fully saturated rings. The van der Waals surface area contributed by atoms with Crippen molar-refractivity contribution in [3.8, 4) is 0 Å². The molecule has 0 spiro atoms. The van der Waals surface area contributed by atoms with Gasteiger partial charge in [-0.3, -0.25) is 0 Å². The van der Waals surface area contributed by atoms with Gasteiger partial charge in [0.1, 0.15) is 0 Å². The molecule has 0 aromatic rings. The van der Waals surface area contributed by atoms with Crippen molar-refractivity contribution in [2.24, 2.45) is 17.4 Å². The van der Waals surface area contributed by atoms with E-state index < -0.39 is 0 Å². The third-order valence-corrected chi connectivity index (χ3v) is 2.11. The zero-order valence-corrected chi connectivity index (χ0v) is 8.46. The Kier molecular flexibility index (Phi) is 6.03. The van der Waals surface area contributed by atoms with Gasteiger partial charge in [0, 0.05) is 12.1 Å². The van der Waals surface area contributed by atoms with E-state index in [2.05, 4.69) is 12.2 Å². The second-order valence-corrected chi connectivity index (χ2v) is 3.15. The molecule has 0 aromatic heterocycles. The van der Waals surface area contributed by atoms with Crippen LogP contribution in [0.1, 0.15) is 33.6 Å². The summed E-state index contributed by atoms with van der Waals surface area (Å²) in [6.45, 7) is 6.05. The lowest BCUT2D eigenvalue weighted by Crippen LogP contribution is -2.30. The summed E-state index contributed by atoms with van der Waals surface area (Å²) in [5.74, 6) is 0.555. The molecule has 0 saturated carbocycles. The van der Waals surface area contributed by atoms with Gasteiger partial charge < -0.3 is 11.5 Å². The second kappa shape index (κ2) is 6.21. The fraction of sp³-hybridized carbons (Fsp3) is 0.800. The SMILES string of the molecule is CC.CC(N)C1C=CC(N)CC1. The summed E-state index contributed by atoms with van der Waals surface area (Å²) in [6.07, 6.45) is 6.45. The fourth-order valence-corrected chi connectivity index (χ4v) is 1.30. The summed E-state index contributed by atoms with van der Waals surface area (Å²) in [5, 5.41) is 0. The minimum absolute atomic E-state index is 0.273. The molecule has 0 amide bonds. The summed E-state index contributed by atoms with van der Waals surface area (Å²) in [7, 11) is 0. The van der Waals surface area contributed by atoms with Crippen LogP contribution in [0.3, 0.4) is 0 Å². The van der Waals surface area contributed by atoms with Crippen LogP contribution in [0.2, 0.25) is 0 Å². The van der Waals surface area contributed by atoms with Gasteiger partial charge in [-0.15, -0.1) is 0 Å². The fourth-order valence-electron chi connectivity index (χ4n) is 1.30. The third-order valence-electron chi connectivity index (χ3n) is 2.11. The van der Waals surface area contributed by atoms with Crippen molar-refractivity contribution < 1.29 is 0 Å². The Labute approximate surface area is 76.0 Å². The average Bonchev–Trinajstić information content (AvgIpc) is 2.09. The first kappa shape index (κ1) is 11.7. The molecule has 2 nitrogen and oxygen atoms in total. The van der Waals surface area contributed by atoms with Crippen molar-refractivity contribution in [3.63, 3.8) is 0 Å². The van der Waals surface area contributed by atoms with Gasteiger partial charge in [0.2, 0.25) is 0 Å². The maximum atomic E-state index is 5.72. The van der Waals surface area contributed by atoms with E-state index in [1.807, 2.05) is 20.8 Å². The Morgan fingerprint density at radius 3 is 2.17 bits per heavy atom. The Hall–Kier alpha value is -0.340. The molecule has 12 heavy (non-hydrogen) atoms. The van der Waals surface area contributed by atoms with Crippen LogP contribution in [-0.4, -0.2) is 12.1 Å². The summed E-state index contributed by atoms with van der Waals surface area (Å²) >= 11 is 0. The summed E-state index contributed by atoms with van der Waals surface area (Å²) in [6, 6.07) is 0.554. The van der Waals surface area contributed by atoms with Gasteiger partial charge in [-0.25, -0.2) is 0 Å². The Bertz CT molecular complexity index is 130. The van der Waals surface area contributed by atoms with Crippen molar-refractivity contribution in [1.82, 2.24) is 0 Å². The predicted molar refractivity (Wildman–Crippen MR) is 54.8 cm³/mol. The molecule has 1 aliphatic rings. The highest BCUT2D eigenvalue weighted by Crippen LogP contribution is 2.18. The molecule has 3 atom stereocenters. The van der Waals surface area contributed by atoms with E-state index in [4.69, 9.17) is 11.5 Å². The molecular weight excluding hydrogens is 148 g/mol. The van der Waals surface area contributed by atoms with Crippen molar-refractivity contribution in [1.29, 1.82) is 0 Å². The minimum Gasteiger partial charge on any atom is -0.327 e. The van der Waals surface area contributed by atoms with E-state index in [9.17, 15) is 0 Å². The molecule has 4 N–H and O–H groups in total. The van der Waals surface area contributed by atoms with Gasteiger partial charge in [0.05, 0.1) is 0 Å². The van der Waals surface area contributed by atoms with E-state index in [1.54, 1.807) is 0 Å². The van der Waals surface area contributed by atoms with Gasteiger partial charge in [-0.2, -0.15) is 0 Å². The summed E-state index contributed by atoms with van der Waals surface area (Å²) in [4.78, 5) is 0. The third kappa shape index (κ3) is 3.88. The van der Waals surface area contributed by atoms with Crippen LogP contribution in [0.25, 0.3) is 0 Å². The molecule has 0 heterocycles. The molecule has 1 rings (SSSR count). The van der Waals surface area contributed by atoms with Crippen LogP contribution >= 0.6 is 0 Å². The Morgan fingerprint density at radius 2 is 1.83 bits per heavy atom. The standard InChI is InChI=1S/C8H16N2.C2H6/c1-6(9)7-2-4-8(10)5-3-7;1-2/h2,4,6-8H,3,5,9-10H2,1H3;1-2H3. The molecule has 0 bridgehead atoms. The monoisotopic (exact) mass is 170 g/mol. The molecule has 1 aliphatic carbocycles. The minimum atomic E-state index is 0.273. The van der Waals surface area contributed by atoms with Crippen LogP contribution in [-0.2, 0) is 0 Å². The lowest BCUT2D eigenvalue weighted by atomic mass is 9.89. The van der Waals surface area contributed by atoms with E-state index in [-0.39, 0.29) is 12.1 Å². The van der Waals surface area contributed by atoms with Crippen LogP contribution in [0.5, 0.6) is 0 Å². The zero-order chi connectivity index (χ0) is 9.56. The maximum absolute atomic E-state index is 5.72. The molecule has 0 radical (unpaired) electrons. The maximum Gasteiger partial charge on any atom is 0.0223 e. The van der Waals surface area contributed by atoms with Gasteiger partial charge in [0.15, 0.2) is 0 Å². The first-order valence-electron chi connectivity index (χ1n) is 4.89. The Balaban J connectivity index is 0.000000561. The molecule has 0 aromatic carbocycles. The smallest absolute Gasteiger partial charge is 0.0223 e. The molecule has 0 aliphatic heterocycles. The van der Waals surface area contributed by atoms with Gasteiger partial charge in [-0.1, -0.05) is 26.0 Å². The van der Waals surface area contributed by atoms with Gasteiger partial charge >= 0.3 is 0 Å². The highest BCUT2D eigenvalue weighted by Gasteiger charge is 2.15. The number of nitrogens with two attached hydrogens (primary N) is 2. The van der Waals surface area contributed by atoms with Crippen LogP contribution in [0, 0.1) is 5.92 Å². The summed E-state index contributed by atoms with van der Waals surface area (Å²) in [5.41, 5.74) is 11.4. The topological polar surface area (TPSA) is 52.0 Å². The lowest BCUT2D eigenvalue weighted by molar-refractivity contribution is 0.448. The van der Waals surface area contributed by atoms with Crippen LogP contribution < -0.4 is 11.5 Å². The van der Waals surface area contributed by atoms with Crippen molar-refractivity contribution in [2.45, 2.75) is 45.7 Å². The van der Waals surface area contributed by atoms with E-state index in [1.165, 1.54) is 0 Å². The van der Waals surface area contributed by atoms with Crippen LogP contribution in [0.15, 0.2) is 12.2 Å². The summed E-state index contributed by atoms with van der Waals surface area (Å²) < 4.78 is 0. The van der Waals surface area contributed by atoms with Gasteiger partial charge in [-0.05, 0) is 25.7 Å². The van der Waals surface area contributed by atoms with Crippen molar-refractivity contribution in [2.75, 3.05) is 0 Å². The average molecular weight is 170 g/mol. The highest BCUT2D eigenvalue weighted by molar-refractivity contribution is 5.02. The Morgan fingerprint density at radius 1 is 1.25 bits per heavy atom. The van der Waals surface area contributed by atoms with Crippen molar-refractivity contribution in [3.05, 3.63) is 12.2 Å². The normalized spacial score (nSPS) is 30.4. The first-order chi connectivity index (χ1) is 5.70. The lowest BCUT2D eigenvalue weighted by Gasteiger charge is -2.22. The number of hydrogen-bond acceptors (Lipinski definition) is 2. The molecular formula is C10H22N2. The molecule has 3 unspecified atom stereocenters. The van der Waals surface area contributed by atoms with E-state index >= 15 is 0 Å². The second-order valence-electron chi connectivity index (χ2n) is 3.15. The largest absolute Gasteiger partial charge is 0.327 e. The molecule has 72 valence electrons. The number of rotatable bonds is 1. The molecule has 0 saturated heterocycles. The number of hydrogen-bond donors (Lipinski definition) is 2. The van der Waals surface area contributed by atoms with Crippen molar-refractivity contribution >= 4 is 0 Å². The van der Waals surface area contributed by atoms with Gasteiger partial charge in [0.25, 0.3) is 0 Å². The first-order valence-corrected chi connectivity index (χ1v) is 4.89. The highest BCUT2D eigenvalue weighted by atomic mass is 14.7. The van der Waals surface area contributed by atoms with Crippen LogP contribution in [0.4, 0.5) is 0 Å². The zero-order valence-electron chi connectivity index (χ0n) is 8.46. The van der Waals surface area contributed by atoms with E-state index in [0.29, 0.717) is 5.92 Å². The van der Waals surface area contributed by atoms with E-state index in [0.717, 1.165) is 12.8 Å². The quantitative estimate of drug-likeness (QED) is 0.588. The molecule has 2 heteroatoms.